The Morgan fingerprint density at radius 2 is 1.54 bits per heavy atom. The summed E-state index contributed by atoms with van der Waals surface area (Å²) in [6.45, 7) is 16.2. The maximum absolute atomic E-state index is 13.8. The lowest BCUT2D eigenvalue weighted by Gasteiger charge is -2.25. The number of hydrogen-bond acceptors (Lipinski definition) is 6. The summed E-state index contributed by atoms with van der Waals surface area (Å²) in [5.74, 6) is -0.179. The second-order valence-electron chi connectivity index (χ2n) is 9.26. The minimum absolute atomic E-state index is 0.179. The van der Waals surface area contributed by atoms with Crippen LogP contribution in [-0.4, -0.2) is 67.8 Å². The number of carbonyl (C=O) groups is 1. The molecule has 1 amide bonds. The van der Waals surface area contributed by atoms with Crippen molar-refractivity contribution in [2.24, 2.45) is 0 Å². The van der Waals surface area contributed by atoms with Gasteiger partial charge >= 0.3 is 0 Å². The molecular formula is C28H40N4O3S2. The third-order valence-corrected chi connectivity index (χ3v) is 9.89. The zero-order valence-electron chi connectivity index (χ0n) is 23.0. The fourth-order valence-electron chi connectivity index (χ4n) is 4.21. The van der Waals surface area contributed by atoms with Gasteiger partial charge in [0.15, 0.2) is 5.13 Å². The summed E-state index contributed by atoms with van der Waals surface area (Å²) in [6, 6.07) is 10.5. The lowest BCUT2D eigenvalue weighted by atomic mass is 10.1. The van der Waals surface area contributed by atoms with Crippen LogP contribution in [0.2, 0.25) is 0 Å². The highest BCUT2D eigenvalue weighted by molar-refractivity contribution is 7.89. The number of amides is 1. The van der Waals surface area contributed by atoms with E-state index in [1.807, 2.05) is 13.8 Å². The van der Waals surface area contributed by atoms with Crippen molar-refractivity contribution in [1.82, 2.24) is 14.2 Å². The average Bonchev–Trinajstić information content (AvgIpc) is 3.29. The van der Waals surface area contributed by atoms with Crippen LogP contribution in [0, 0.1) is 13.8 Å². The van der Waals surface area contributed by atoms with E-state index in [-0.39, 0.29) is 10.8 Å². The van der Waals surface area contributed by atoms with Crippen LogP contribution in [0.5, 0.6) is 0 Å². The number of aryl methyl sites for hydroxylation is 2. The Labute approximate surface area is 226 Å². The van der Waals surface area contributed by atoms with Crippen molar-refractivity contribution in [3.05, 3.63) is 53.1 Å². The Kier molecular flexibility index (Phi) is 10.2. The number of rotatable bonds is 13. The van der Waals surface area contributed by atoms with Crippen molar-refractivity contribution < 1.29 is 13.2 Å². The smallest absolute Gasteiger partial charge is 0.260 e. The van der Waals surface area contributed by atoms with E-state index in [4.69, 9.17) is 4.98 Å². The quantitative estimate of drug-likeness (QED) is 0.275. The van der Waals surface area contributed by atoms with E-state index in [9.17, 15) is 13.2 Å². The average molecular weight is 545 g/mol. The molecule has 0 aliphatic carbocycles. The van der Waals surface area contributed by atoms with Crippen LogP contribution in [-0.2, 0) is 10.0 Å². The monoisotopic (exact) mass is 544 g/mol. The third-order valence-electron chi connectivity index (χ3n) is 6.86. The van der Waals surface area contributed by atoms with Gasteiger partial charge in [-0.05, 0) is 80.9 Å². The Bertz CT molecular complexity index is 1260. The molecule has 0 aliphatic rings. The van der Waals surface area contributed by atoms with Crippen molar-refractivity contribution in [1.29, 1.82) is 0 Å². The van der Waals surface area contributed by atoms with E-state index >= 15 is 0 Å². The predicted molar refractivity (Wildman–Crippen MR) is 154 cm³/mol. The number of sulfonamides is 1. The highest BCUT2D eigenvalue weighted by atomic mass is 32.2. The molecular weight excluding hydrogens is 504 g/mol. The molecule has 0 atom stereocenters. The summed E-state index contributed by atoms with van der Waals surface area (Å²) in [5, 5.41) is 0.658. The van der Waals surface area contributed by atoms with Crippen LogP contribution >= 0.6 is 11.3 Å². The number of hydrogen-bond donors (Lipinski definition) is 0. The number of carbonyl (C=O) groups excluding carboxylic acids is 1. The van der Waals surface area contributed by atoms with E-state index < -0.39 is 10.0 Å². The van der Waals surface area contributed by atoms with Crippen molar-refractivity contribution in [2.75, 3.05) is 44.2 Å². The Balaban J connectivity index is 1.93. The SMILES string of the molecule is CCCCN(CC)S(=O)(=O)c1ccc(C(=O)N(CCN(CC)CC)c2nc3cc(C)c(C)cc3s2)cc1. The van der Waals surface area contributed by atoms with Gasteiger partial charge in [0.25, 0.3) is 5.91 Å². The molecule has 0 radical (unpaired) electrons. The van der Waals surface area contributed by atoms with Gasteiger partial charge < -0.3 is 4.90 Å². The first-order valence-electron chi connectivity index (χ1n) is 13.2. The van der Waals surface area contributed by atoms with E-state index in [2.05, 4.69) is 44.7 Å². The van der Waals surface area contributed by atoms with Gasteiger partial charge in [0.2, 0.25) is 10.0 Å². The molecule has 37 heavy (non-hydrogen) atoms. The number of fused-ring (bicyclic) bond motifs is 1. The molecule has 0 aliphatic heterocycles. The largest absolute Gasteiger partial charge is 0.302 e. The molecule has 7 nitrogen and oxygen atoms in total. The van der Waals surface area contributed by atoms with E-state index in [1.165, 1.54) is 26.8 Å². The Hall–Kier alpha value is -2.33. The van der Waals surface area contributed by atoms with Crippen LogP contribution in [0.15, 0.2) is 41.3 Å². The van der Waals surface area contributed by atoms with E-state index in [0.717, 1.165) is 42.7 Å². The fourth-order valence-corrected chi connectivity index (χ4v) is 6.76. The number of anilines is 1. The summed E-state index contributed by atoms with van der Waals surface area (Å²) >= 11 is 1.51. The molecule has 0 spiro atoms. The van der Waals surface area contributed by atoms with Gasteiger partial charge in [-0.1, -0.05) is 45.5 Å². The number of benzene rings is 2. The highest BCUT2D eigenvalue weighted by Crippen LogP contribution is 2.32. The molecule has 0 saturated carbocycles. The van der Waals surface area contributed by atoms with Gasteiger partial charge in [-0.2, -0.15) is 4.31 Å². The van der Waals surface area contributed by atoms with Crippen LogP contribution in [0.3, 0.4) is 0 Å². The first kappa shape index (κ1) is 29.2. The molecule has 1 aromatic heterocycles. The minimum Gasteiger partial charge on any atom is -0.302 e. The lowest BCUT2D eigenvalue weighted by Crippen LogP contribution is -2.39. The summed E-state index contributed by atoms with van der Waals surface area (Å²) in [5.41, 5.74) is 3.70. The number of nitrogens with zero attached hydrogens (tertiary/aromatic N) is 4. The highest BCUT2D eigenvalue weighted by Gasteiger charge is 2.25. The number of aromatic nitrogens is 1. The first-order valence-corrected chi connectivity index (χ1v) is 15.4. The lowest BCUT2D eigenvalue weighted by molar-refractivity contribution is 0.0983. The summed E-state index contributed by atoms with van der Waals surface area (Å²) in [6.07, 6.45) is 1.74. The molecule has 0 saturated heterocycles. The maximum Gasteiger partial charge on any atom is 0.260 e. The molecule has 0 fully saturated rings. The molecule has 0 bridgehead atoms. The molecule has 3 aromatic rings. The van der Waals surface area contributed by atoms with Gasteiger partial charge in [-0.15, -0.1) is 0 Å². The predicted octanol–water partition coefficient (Wildman–Crippen LogP) is 5.71. The Morgan fingerprint density at radius 1 is 0.892 bits per heavy atom. The van der Waals surface area contributed by atoms with Gasteiger partial charge in [-0.25, -0.2) is 13.4 Å². The van der Waals surface area contributed by atoms with Crippen LogP contribution in [0.1, 0.15) is 62.0 Å². The molecule has 1 heterocycles. The zero-order valence-corrected chi connectivity index (χ0v) is 24.6. The Morgan fingerprint density at radius 3 is 2.14 bits per heavy atom. The molecule has 2 aromatic carbocycles. The molecule has 9 heteroatoms. The summed E-state index contributed by atoms with van der Waals surface area (Å²) in [4.78, 5) is 22.8. The van der Waals surface area contributed by atoms with E-state index in [1.54, 1.807) is 29.2 Å². The number of unbranched alkanes of at least 4 members (excludes halogenated alkanes) is 1. The van der Waals surface area contributed by atoms with Gasteiger partial charge in [0.05, 0.1) is 15.1 Å². The van der Waals surface area contributed by atoms with Crippen molar-refractivity contribution in [3.63, 3.8) is 0 Å². The van der Waals surface area contributed by atoms with Gasteiger partial charge in [0.1, 0.15) is 0 Å². The topological polar surface area (TPSA) is 73.8 Å². The second kappa shape index (κ2) is 13.0. The standard InChI is InChI=1S/C28H40N4O3S2/c1-7-11-16-31(10-4)37(34,35)24-14-12-23(13-15-24)27(33)32(18-17-30(8-2)9-3)28-29-25-19-21(5)22(6)20-26(25)36-28/h12-15,19-20H,7-11,16-18H2,1-6H3. The summed E-state index contributed by atoms with van der Waals surface area (Å²) in [7, 11) is -3.60. The first-order chi connectivity index (χ1) is 17.7. The van der Waals surface area contributed by atoms with Crippen molar-refractivity contribution in [2.45, 2.75) is 59.3 Å². The van der Waals surface area contributed by atoms with Crippen LogP contribution in [0.4, 0.5) is 5.13 Å². The molecule has 0 unspecified atom stereocenters. The molecule has 3 rings (SSSR count). The van der Waals surface area contributed by atoms with Gasteiger partial charge in [-0.3, -0.25) is 9.69 Å². The van der Waals surface area contributed by atoms with Crippen LogP contribution < -0.4 is 4.90 Å². The van der Waals surface area contributed by atoms with Gasteiger partial charge in [0, 0.05) is 31.7 Å². The normalized spacial score (nSPS) is 12.1. The number of thiazole rings is 1. The fraction of sp³-hybridized carbons (Fsp3) is 0.500. The van der Waals surface area contributed by atoms with Crippen LogP contribution in [0.25, 0.3) is 10.2 Å². The minimum atomic E-state index is -3.60. The molecule has 202 valence electrons. The van der Waals surface area contributed by atoms with Crippen molar-refractivity contribution in [3.8, 4) is 0 Å². The maximum atomic E-state index is 13.8. The zero-order chi connectivity index (χ0) is 27.2. The number of likely N-dealkylation sites (N-methyl/N-ethyl adjacent to an activating group) is 1. The third kappa shape index (κ3) is 6.76. The second-order valence-corrected chi connectivity index (χ2v) is 12.2. The summed E-state index contributed by atoms with van der Waals surface area (Å²) < 4.78 is 28.8. The van der Waals surface area contributed by atoms with Crippen molar-refractivity contribution >= 4 is 42.6 Å². The van der Waals surface area contributed by atoms with E-state index in [0.29, 0.717) is 30.3 Å². The molecule has 0 N–H and O–H groups in total.